The zero-order chi connectivity index (χ0) is 21.8. The highest BCUT2D eigenvalue weighted by Gasteiger charge is 2.23. The lowest BCUT2D eigenvalue weighted by Crippen LogP contribution is -2.33. The topological polar surface area (TPSA) is 28.6 Å². The molecule has 162 valence electrons. The van der Waals surface area contributed by atoms with E-state index < -0.39 is 0 Å². The van der Waals surface area contributed by atoms with Crippen LogP contribution in [0.15, 0.2) is 60.8 Å². The van der Waals surface area contributed by atoms with Crippen LogP contribution >= 0.6 is 11.6 Å². The van der Waals surface area contributed by atoms with Gasteiger partial charge in [-0.2, -0.15) is 0 Å². The normalized spacial score (nSPS) is 16.7. The van der Waals surface area contributed by atoms with E-state index in [4.69, 9.17) is 16.3 Å². The molecule has 31 heavy (non-hydrogen) atoms. The van der Waals surface area contributed by atoms with Crippen LogP contribution < -0.4 is 4.74 Å². The van der Waals surface area contributed by atoms with Crippen LogP contribution in [0.2, 0.25) is 5.02 Å². The molecule has 2 heterocycles. The standard InChI is InChI=1S/C26H30ClN3O/c1-19-16-21(25-10-6-22(17-28-25)20-4-8-23(27)9-5-20)7-11-26(19)31-15-14-30-13-12-24(18-30)29(2)3/h4-11,16-17,24H,12-15,18H2,1-3H3. The number of pyridine rings is 1. The second kappa shape index (κ2) is 9.82. The molecule has 4 nitrogen and oxygen atoms in total. The molecule has 5 heteroatoms. The Kier molecular flexibility index (Phi) is 6.91. The van der Waals surface area contributed by atoms with Gasteiger partial charge in [0.1, 0.15) is 12.4 Å². The van der Waals surface area contributed by atoms with Crippen molar-refractivity contribution in [2.24, 2.45) is 0 Å². The monoisotopic (exact) mass is 435 g/mol. The number of likely N-dealkylation sites (tertiary alicyclic amines) is 1. The van der Waals surface area contributed by atoms with Gasteiger partial charge in [0.2, 0.25) is 0 Å². The van der Waals surface area contributed by atoms with Gasteiger partial charge in [-0.05, 0) is 81.5 Å². The van der Waals surface area contributed by atoms with Gasteiger partial charge >= 0.3 is 0 Å². The van der Waals surface area contributed by atoms with Crippen molar-refractivity contribution in [1.82, 2.24) is 14.8 Å². The highest BCUT2D eigenvalue weighted by Crippen LogP contribution is 2.27. The molecule has 0 aliphatic carbocycles. The zero-order valence-corrected chi connectivity index (χ0v) is 19.3. The Morgan fingerprint density at radius 1 is 1.03 bits per heavy atom. The highest BCUT2D eigenvalue weighted by atomic mass is 35.5. The Morgan fingerprint density at radius 2 is 1.77 bits per heavy atom. The number of ether oxygens (including phenoxy) is 1. The Balaban J connectivity index is 1.35. The summed E-state index contributed by atoms with van der Waals surface area (Å²) in [5.74, 6) is 0.949. The fraction of sp³-hybridized carbons (Fsp3) is 0.346. The van der Waals surface area contributed by atoms with Gasteiger partial charge < -0.3 is 9.64 Å². The Hall–Kier alpha value is -2.40. The first-order valence-corrected chi connectivity index (χ1v) is 11.2. The van der Waals surface area contributed by atoms with Crippen molar-refractivity contribution in [3.8, 4) is 28.1 Å². The van der Waals surface area contributed by atoms with E-state index >= 15 is 0 Å². The van der Waals surface area contributed by atoms with Gasteiger partial charge in [0.05, 0.1) is 5.69 Å². The molecular weight excluding hydrogens is 406 g/mol. The third-order valence-corrected chi connectivity index (χ3v) is 6.31. The van der Waals surface area contributed by atoms with Crippen LogP contribution in [0.1, 0.15) is 12.0 Å². The third kappa shape index (κ3) is 5.45. The highest BCUT2D eigenvalue weighted by molar-refractivity contribution is 6.30. The summed E-state index contributed by atoms with van der Waals surface area (Å²) in [6, 6.07) is 19.0. The number of halogens is 1. The SMILES string of the molecule is Cc1cc(-c2ccc(-c3ccc(Cl)cc3)cn2)ccc1OCCN1CCC(N(C)C)C1. The average Bonchev–Trinajstić information content (AvgIpc) is 3.25. The van der Waals surface area contributed by atoms with Crippen LogP contribution in [0.3, 0.4) is 0 Å². The Morgan fingerprint density at radius 3 is 2.42 bits per heavy atom. The second-order valence-corrected chi connectivity index (χ2v) is 8.91. The molecule has 0 bridgehead atoms. The number of rotatable bonds is 7. The van der Waals surface area contributed by atoms with Crippen molar-refractivity contribution >= 4 is 11.6 Å². The molecule has 1 atom stereocenters. The molecule has 0 radical (unpaired) electrons. The van der Waals surface area contributed by atoms with Crippen molar-refractivity contribution in [2.75, 3.05) is 40.3 Å². The molecule has 1 fully saturated rings. The summed E-state index contributed by atoms with van der Waals surface area (Å²) in [7, 11) is 4.32. The maximum Gasteiger partial charge on any atom is 0.122 e. The fourth-order valence-corrected chi connectivity index (χ4v) is 4.20. The quantitative estimate of drug-likeness (QED) is 0.497. The molecule has 1 aliphatic heterocycles. The van der Waals surface area contributed by atoms with Gasteiger partial charge in [-0.1, -0.05) is 29.8 Å². The van der Waals surface area contributed by atoms with Gasteiger partial charge in [0.15, 0.2) is 0 Å². The van der Waals surface area contributed by atoms with Crippen molar-refractivity contribution in [2.45, 2.75) is 19.4 Å². The molecule has 1 aromatic heterocycles. The van der Waals surface area contributed by atoms with E-state index in [2.05, 4.69) is 66.1 Å². The van der Waals surface area contributed by atoms with Gasteiger partial charge in [0, 0.05) is 41.5 Å². The maximum atomic E-state index is 6.09. The lowest BCUT2D eigenvalue weighted by Gasteiger charge is -2.20. The summed E-state index contributed by atoms with van der Waals surface area (Å²) < 4.78 is 6.09. The van der Waals surface area contributed by atoms with E-state index in [-0.39, 0.29) is 0 Å². The number of benzene rings is 2. The fourth-order valence-electron chi connectivity index (χ4n) is 4.07. The average molecular weight is 436 g/mol. The van der Waals surface area contributed by atoms with E-state index in [0.717, 1.165) is 58.4 Å². The number of aryl methyl sites for hydroxylation is 1. The first kappa shape index (κ1) is 21.8. The van der Waals surface area contributed by atoms with Crippen molar-refractivity contribution in [1.29, 1.82) is 0 Å². The number of hydrogen-bond donors (Lipinski definition) is 0. The van der Waals surface area contributed by atoms with Crippen molar-refractivity contribution in [3.63, 3.8) is 0 Å². The van der Waals surface area contributed by atoms with Gasteiger partial charge in [-0.3, -0.25) is 9.88 Å². The van der Waals surface area contributed by atoms with Crippen LogP contribution in [-0.2, 0) is 0 Å². The molecule has 1 aliphatic rings. The third-order valence-electron chi connectivity index (χ3n) is 6.05. The predicted octanol–water partition coefficient (Wildman–Crippen LogP) is 5.39. The Labute approximate surface area is 190 Å². The minimum absolute atomic E-state index is 0.666. The second-order valence-electron chi connectivity index (χ2n) is 8.47. The number of aromatic nitrogens is 1. The van der Waals surface area contributed by atoms with Crippen LogP contribution in [0.4, 0.5) is 0 Å². The number of hydrogen-bond acceptors (Lipinski definition) is 4. The van der Waals surface area contributed by atoms with E-state index in [1.165, 1.54) is 6.42 Å². The van der Waals surface area contributed by atoms with E-state index in [1.807, 2.05) is 30.5 Å². The largest absolute Gasteiger partial charge is 0.492 e. The van der Waals surface area contributed by atoms with Crippen molar-refractivity contribution in [3.05, 3.63) is 71.4 Å². The lowest BCUT2D eigenvalue weighted by molar-refractivity contribution is 0.220. The minimum atomic E-state index is 0.666. The summed E-state index contributed by atoms with van der Waals surface area (Å²) in [5.41, 5.74) is 5.38. The van der Waals surface area contributed by atoms with Crippen LogP contribution in [0.5, 0.6) is 5.75 Å². The maximum absolute atomic E-state index is 6.09. The molecule has 0 saturated carbocycles. The lowest BCUT2D eigenvalue weighted by atomic mass is 10.0. The van der Waals surface area contributed by atoms with Gasteiger partial charge in [0.25, 0.3) is 0 Å². The summed E-state index contributed by atoms with van der Waals surface area (Å²) >= 11 is 5.98. The number of likely N-dealkylation sites (N-methyl/N-ethyl adjacent to an activating group) is 1. The predicted molar refractivity (Wildman–Crippen MR) is 129 cm³/mol. The summed E-state index contributed by atoms with van der Waals surface area (Å²) in [5, 5.41) is 0.740. The first-order chi connectivity index (χ1) is 15.0. The Bertz CT molecular complexity index is 1000. The minimum Gasteiger partial charge on any atom is -0.492 e. The van der Waals surface area contributed by atoms with Crippen molar-refractivity contribution < 1.29 is 4.74 Å². The molecule has 3 aromatic rings. The van der Waals surface area contributed by atoms with Gasteiger partial charge in [-0.15, -0.1) is 0 Å². The van der Waals surface area contributed by atoms with Crippen LogP contribution in [0, 0.1) is 6.92 Å². The molecule has 1 unspecified atom stereocenters. The molecule has 0 N–H and O–H groups in total. The van der Waals surface area contributed by atoms with Gasteiger partial charge in [-0.25, -0.2) is 0 Å². The van der Waals surface area contributed by atoms with E-state index in [1.54, 1.807) is 0 Å². The first-order valence-electron chi connectivity index (χ1n) is 10.8. The van der Waals surface area contributed by atoms with Crippen LogP contribution in [-0.4, -0.2) is 61.2 Å². The summed E-state index contributed by atoms with van der Waals surface area (Å²) in [6.45, 7) is 6.07. The number of nitrogens with zero attached hydrogens (tertiary/aromatic N) is 3. The van der Waals surface area contributed by atoms with E-state index in [9.17, 15) is 0 Å². The molecule has 4 rings (SSSR count). The summed E-state index contributed by atoms with van der Waals surface area (Å²) in [6.07, 6.45) is 3.15. The zero-order valence-electron chi connectivity index (χ0n) is 18.5. The molecule has 0 amide bonds. The van der Waals surface area contributed by atoms with Crippen LogP contribution in [0.25, 0.3) is 22.4 Å². The molecule has 1 saturated heterocycles. The smallest absolute Gasteiger partial charge is 0.122 e. The molecular formula is C26H30ClN3O. The molecule has 0 spiro atoms. The molecule has 2 aromatic carbocycles. The summed E-state index contributed by atoms with van der Waals surface area (Å²) in [4.78, 5) is 9.48. The van der Waals surface area contributed by atoms with E-state index in [0.29, 0.717) is 12.6 Å².